The summed E-state index contributed by atoms with van der Waals surface area (Å²) >= 11 is 5.94. The Bertz CT molecular complexity index is 1250. The van der Waals surface area contributed by atoms with Crippen LogP contribution in [-0.2, 0) is 11.4 Å². The summed E-state index contributed by atoms with van der Waals surface area (Å²) in [5.41, 5.74) is 4.39. The Hall–Kier alpha value is -3.30. The van der Waals surface area contributed by atoms with Crippen LogP contribution in [0.1, 0.15) is 29.0 Å². The van der Waals surface area contributed by atoms with Gasteiger partial charge in [0.1, 0.15) is 12.4 Å². The van der Waals surface area contributed by atoms with Crippen molar-refractivity contribution < 1.29 is 9.53 Å². The smallest absolute Gasteiger partial charge is 0.227 e. The van der Waals surface area contributed by atoms with Gasteiger partial charge in [-0.2, -0.15) is 0 Å². The van der Waals surface area contributed by atoms with Crippen LogP contribution in [0, 0.1) is 0 Å². The summed E-state index contributed by atoms with van der Waals surface area (Å²) < 4.78 is 5.93. The van der Waals surface area contributed by atoms with E-state index in [9.17, 15) is 4.79 Å². The van der Waals surface area contributed by atoms with E-state index < -0.39 is 0 Å². The van der Waals surface area contributed by atoms with Gasteiger partial charge in [0.2, 0.25) is 5.91 Å². The first kappa shape index (κ1) is 19.7. The van der Waals surface area contributed by atoms with Crippen molar-refractivity contribution in [2.75, 3.05) is 11.9 Å². The first-order valence-electron chi connectivity index (χ1n) is 10.4. The number of amides is 1. The van der Waals surface area contributed by atoms with E-state index in [1.54, 1.807) is 4.90 Å². The quantitative estimate of drug-likeness (QED) is 0.368. The van der Waals surface area contributed by atoms with Crippen LogP contribution in [0.25, 0.3) is 10.8 Å². The molecule has 4 aromatic carbocycles. The van der Waals surface area contributed by atoms with Gasteiger partial charge in [-0.25, -0.2) is 0 Å². The molecule has 5 rings (SSSR count). The van der Waals surface area contributed by atoms with Crippen LogP contribution in [0.2, 0.25) is 5.02 Å². The van der Waals surface area contributed by atoms with Crippen molar-refractivity contribution in [3.05, 3.63) is 107 Å². The number of ether oxygens (including phenoxy) is 1. The molecule has 0 radical (unpaired) electrons. The molecular formula is C27H22ClNO2. The van der Waals surface area contributed by atoms with Gasteiger partial charge in [-0.15, -0.1) is 0 Å². The summed E-state index contributed by atoms with van der Waals surface area (Å²) in [5.74, 6) is 0.960. The molecule has 4 heteroatoms. The summed E-state index contributed by atoms with van der Waals surface area (Å²) in [5, 5.41) is 3.11. The molecule has 0 spiro atoms. The second-order valence-corrected chi connectivity index (χ2v) is 8.35. The van der Waals surface area contributed by atoms with Crippen LogP contribution in [0.5, 0.6) is 5.75 Å². The molecule has 1 aliphatic rings. The monoisotopic (exact) mass is 427 g/mol. The molecule has 4 aromatic rings. The van der Waals surface area contributed by atoms with Crippen molar-refractivity contribution >= 4 is 34.0 Å². The number of carbonyl (C=O) groups is 1. The number of hydrogen-bond acceptors (Lipinski definition) is 2. The molecule has 0 saturated carbocycles. The van der Waals surface area contributed by atoms with Crippen molar-refractivity contribution in [2.24, 2.45) is 0 Å². The summed E-state index contributed by atoms with van der Waals surface area (Å²) in [4.78, 5) is 14.5. The Morgan fingerprint density at radius 1 is 0.935 bits per heavy atom. The van der Waals surface area contributed by atoms with E-state index in [0.29, 0.717) is 18.1 Å². The molecule has 1 aliphatic heterocycles. The lowest BCUT2D eigenvalue weighted by atomic mass is 9.81. The first-order chi connectivity index (χ1) is 15.1. The fourth-order valence-corrected chi connectivity index (χ4v) is 4.44. The number of rotatable bonds is 4. The summed E-state index contributed by atoms with van der Waals surface area (Å²) in [7, 11) is 1.86. The Labute approximate surface area is 186 Å². The average molecular weight is 428 g/mol. The topological polar surface area (TPSA) is 29.5 Å². The number of fused-ring (bicyclic) bond motifs is 3. The van der Waals surface area contributed by atoms with Gasteiger partial charge >= 0.3 is 0 Å². The van der Waals surface area contributed by atoms with E-state index in [1.807, 2.05) is 49.5 Å². The van der Waals surface area contributed by atoms with Crippen molar-refractivity contribution in [2.45, 2.75) is 18.9 Å². The largest absolute Gasteiger partial charge is 0.489 e. The van der Waals surface area contributed by atoms with Crippen LogP contribution < -0.4 is 9.64 Å². The number of anilines is 1. The van der Waals surface area contributed by atoms with Crippen molar-refractivity contribution in [3.8, 4) is 5.75 Å². The van der Waals surface area contributed by atoms with Gasteiger partial charge in [0.05, 0.1) is 0 Å². The van der Waals surface area contributed by atoms with E-state index in [0.717, 1.165) is 22.6 Å². The van der Waals surface area contributed by atoms with Gasteiger partial charge < -0.3 is 9.64 Å². The lowest BCUT2D eigenvalue weighted by Gasteiger charge is -2.33. The molecular weight excluding hydrogens is 406 g/mol. The van der Waals surface area contributed by atoms with Crippen LogP contribution in [0.15, 0.2) is 84.9 Å². The van der Waals surface area contributed by atoms with Crippen molar-refractivity contribution in [1.82, 2.24) is 0 Å². The molecule has 0 fully saturated rings. The minimum atomic E-state index is 0.0233. The average Bonchev–Trinajstić information content (AvgIpc) is 2.81. The van der Waals surface area contributed by atoms with Gasteiger partial charge in [0.25, 0.3) is 0 Å². The SMILES string of the molecule is CN1C(=O)CC(c2ccc(OCc3ccc(Cl)cc3)cc2)c2c1ccc1ccccc21. The minimum Gasteiger partial charge on any atom is -0.489 e. The maximum Gasteiger partial charge on any atom is 0.227 e. The highest BCUT2D eigenvalue weighted by Gasteiger charge is 2.31. The molecule has 1 unspecified atom stereocenters. The Morgan fingerprint density at radius 3 is 2.45 bits per heavy atom. The predicted octanol–water partition coefficient (Wildman–Crippen LogP) is 6.57. The summed E-state index contributed by atoms with van der Waals surface area (Å²) in [6, 6.07) is 28.3. The van der Waals surface area contributed by atoms with Crippen molar-refractivity contribution in [3.63, 3.8) is 0 Å². The van der Waals surface area contributed by atoms with Gasteiger partial charge in [-0.05, 0) is 57.8 Å². The van der Waals surface area contributed by atoms with Crippen LogP contribution in [0.4, 0.5) is 5.69 Å². The van der Waals surface area contributed by atoms with Gasteiger partial charge in [-0.1, -0.05) is 66.2 Å². The molecule has 0 aromatic heterocycles. The van der Waals surface area contributed by atoms with E-state index in [-0.39, 0.29) is 11.8 Å². The molecule has 0 aliphatic carbocycles. The Balaban J connectivity index is 1.45. The molecule has 1 atom stereocenters. The molecule has 154 valence electrons. The predicted molar refractivity (Wildman–Crippen MR) is 126 cm³/mol. The lowest BCUT2D eigenvalue weighted by Crippen LogP contribution is -2.33. The maximum atomic E-state index is 12.7. The standard InChI is InChI=1S/C27H22ClNO2/c1-29-25-15-10-19-4-2-3-5-23(19)27(25)24(16-26(29)30)20-8-13-22(14-9-20)31-17-18-6-11-21(28)12-7-18/h2-15,24H,16-17H2,1H3. The molecule has 0 N–H and O–H groups in total. The highest BCUT2D eigenvalue weighted by atomic mass is 35.5. The summed E-state index contributed by atoms with van der Waals surface area (Å²) in [6.45, 7) is 0.483. The second kappa shape index (κ2) is 8.09. The molecule has 1 heterocycles. The third-order valence-electron chi connectivity index (χ3n) is 6.01. The van der Waals surface area contributed by atoms with E-state index in [4.69, 9.17) is 16.3 Å². The zero-order valence-electron chi connectivity index (χ0n) is 17.2. The maximum absolute atomic E-state index is 12.7. The second-order valence-electron chi connectivity index (χ2n) is 7.91. The Morgan fingerprint density at radius 2 is 1.68 bits per heavy atom. The third kappa shape index (κ3) is 3.77. The molecule has 31 heavy (non-hydrogen) atoms. The fourth-order valence-electron chi connectivity index (χ4n) is 4.32. The van der Waals surface area contributed by atoms with E-state index in [2.05, 4.69) is 42.5 Å². The number of benzene rings is 4. The first-order valence-corrected chi connectivity index (χ1v) is 10.7. The van der Waals surface area contributed by atoms with Gasteiger partial charge in [0.15, 0.2) is 0 Å². The molecule has 0 saturated heterocycles. The number of carbonyl (C=O) groups excluding carboxylic acids is 1. The lowest BCUT2D eigenvalue weighted by molar-refractivity contribution is -0.118. The normalized spacial score (nSPS) is 15.7. The molecule has 3 nitrogen and oxygen atoms in total. The zero-order chi connectivity index (χ0) is 21.4. The van der Waals surface area contributed by atoms with Crippen LogP contribution in [-0.4, -0.2) is 13.0 Å². The van der Waals surface area contributed by atoms with Gasteiger partial charge in [0, 0.05) is 30.1 Å². The number of halogens is 1. The molecule has 0 bridgehead atoms. The highest BCUT2D eigenvalue weighted by molar-refractivity contribution is 6.30. The number of nitrogens with zero attached hydrogens (tertiary/aromatic N) is 1. The van der Waals surface area contributed by atoms with Crippen LogP contribution >= 0.6 is 11.6 Å². The van der Waals surface area contributed by atoms with Crippen molar-refractivity contribution in [1.29, 1.82) is 0 Å². The fraction of sp³-hybridized carbons (Fsp3) is 0.148. The van der Waals surface area contributed by atoms with E-state index in [1.165, 1.54) is 16.3 Å². The highest BCUT2D eigenvalue weighted by Crippen LogP contribution is 2.43. The Kier molecular flexibility index (Phi) is 5.13. The molecule has 1 amide bonds. The summed E-state index contributed by atoms with van der Waals surface area (Å²) in [6.07, 6.45) is 0.461. The van der Waals surface area contributed by atoms with Gasteiger partial charge in [-0.3, -0.25) is 4.79 Å². The van der Waals surface area contributed by atoms with E-state index >= 15 is 0 Å². The van der Waals surface area contributed by atoms with Crippen LogP contribution in [0.3, 0.4) is 0 Å². The number of hydrogen-bond donors (Lipinski definition) is 0. The third-order valence-corrected chi connectivity index (χ3v) is 6.26. The minimum absolute atomic E-state index is 0.0233. The zero-order valence-corrected chi connectivity index (χ0v) is 18.0.